The molecular weight excluding hydrogens is 489 g/mol. The van der Waals surface area contributed by atoms with E-state index in [2.05, 4.69) is 26.3 Å². The molecule has 2 heterocycles. The minimum absolute atomic E-state index is 0.102. The van der Waals surface area contributed by atoms with Crippen molar-refractivity contribution in [2.45, 2.75) is 13.2 Å². The van der Waals surface area contributed by atoms with Crippen molar-refractivity contribution < 1.29 is 18.3 Å². The van der Waals surface area contributed by atoms with Crippen LogP contribution in [0.5, 0.6) is 5.75 Å². The topological polar surface area (TPSA) is 69.3 Å². The first-order valence-corrected chi connectivity index (χ1v) is 10.4. The predicted octanol–water partition coefficient (Wildman–Crippen LogP) is 5.91. The first kappa shape index (κ1) is 21.1. The highest BCUT2D eigenvalue weighted by atomic mass is 79.9. The molecule has 0 atom stereocenters. The molecule has 0 saturated heterocycles. The van der Waals surface area contributed by atoms with E-state index in [0.29, 0.717) is 18.1 Å². The van der Waals surface area contributed by atoms with E-state index >= 15 is 0 Å². The van der Waals surface area contributed by atoms with Gasteiger partial charge in [-0.15, -0.1) is 0 Å². The second-order valence-electron chi connectivity index (χ2n) is 6.62. The van der Waals surface area contributed by atoms with E-state index in [4.69, 9.17) is 20.8 Å². The molecule has 0 radical (unpaired) electrons. The average Bonchev–Trinajstić information content (AvgIpc) is 3.34. The van der Waals surface area contributed by atoms with Crippen molar-refractivity contribution in [3.63, 3.8) is 0 Å². The van der Waals surface area contributed by atoms with Crippen molar-refractivity contribution in [1.29, 1.82) is 0 Å². The van der Waals surface area contributed by atoms with Crippen LogP contribution in [-0.4, -0.2) is 15.7 Å². The van der Waals surface area contributed by atoms with Crippen molar-refractivity contribution >= 4 is 39.3 Å². The fourth-order valence-electron chi connectivity index (χ4n) is 2.82. The summed E-state index contributed by atoms with van der Waals surface area (Å²) in [6, 6.07) is 16.8. The highest BCUT2D eigenvalue weighted by molar-refractivity contribution is 9.10. The van der Waals surface area contributed by atoms with Crippen molar-refractivity contribution in [2.24, 2.45) is 0 Å². The summed E-state index contributed by atoms with van der Waals surface area (Å²) in [7, 11) is 0. The standard InChI is InChI=1S/C22H16BrClFN3O3/c23-15-4-6-17(7-5-15)30-13-18-8-9-20(31-18)22(29)26-21-19(24)12-28(27-21)11-14-2-1-3-16(25)10-14/h1-10,12H,11,13H2,(H,26,27,29). The largest absolute Gasteiger partial charge is 0.486 e. The molecule has 1 N–H and O–H groups in total. The third kappa shape index (κ3) is 5.53. The number of anilines is 1. The Kier molecular flexibility index (Phi) is 6.39. The molecule has 0 aliphatic heterocycles. The van der Waals surface area contributed by atoms with E-state index in [0.717, 1.165) is 10.0 Å². The van der Waals surface area contributed by atoms with E-state index in [9.17, 15) is 9.18 Å². The number of amides is 1. The van der Waals surface area contributed by atoms with Gasteiger partial charge in [-0.1, -0.05) is 39.7 Å². The van der Waals surface area contributed by atoms with E-state index in [1.807, 2.05) is 24.3 Å². The molecule has 0 spiro atoms. The van der Waals surface area contributed by atoms with Gasteiger partial charge in [0.1, 0.15) is 29.0 Å². The van der Waals surface area contributed by atoms with Crippen molar-refractivity contribution in [3.05, 3.63) is 99.3 Å². The van der Waals surface area contributed by atoms with E-state index in [1.54, 1.807) is 30.5 Å². The summed E-state index contributed by atoms with van der Waals surface area (Å²) in [4.78, 5) is 12.5. The van der Waals surface area contributed by atoms with Gasteiger partial charge in [0.25, 0.3) is 5.91 Å². The summed E-state index contributed by atoms with van der Waals surface area (Å²) in [5.41, 5.74) is 0.721. The van der Waals surface area contributed by atoms with Crippen molar-refractivity contribution in [3.8, 4) is 5.75 Å². The highest BCUT2D eigenvalue weighted by Crippen LogP contribution is 2.22. The number of aromatic nitrogens is 2. The maximum atomic E-state index is 13.3. The lowest BCUT2D eigenvalue weighted by Crippen LogP contribution is -2.12. The zero-order chi connectivity index (χ0) is 21.8. The summed E-state index contributed by atoms with van der Waals surface area (Å²) in [5.74, 6) is 0.643. The van der Waals surface area contributed by atoms with Gasteiger partial charge in [0, 0.05) is 10.7 Å². The van der Waals surface area contributed by atoms with Crippen LogP contribution in [0, 0.1) is 5.82 Å². The lowest BCUT2D eigenvalue weighted by Gasteiger charge is -2.04. The molecule has 2 aromatic carbocycles. The Bertz CT molecular complexity index is 1210. The van der Waals surface area contributed by atoms with Gasteiger partial charge in [-0.25, -0.2) is 4.39 Å². The smallest absolute Gasteiger partial charge is 0.292 e. The Balaban J connectivity index is 1.37. The molecule has 158 valence electrons. The minimum Gasteiger partial charge on any atom is -0.486 e. The van der Waals surface area contributed by atoms with Crippen molar-refractivity contribution in [1.82, 2.24) is 9.78 Å². The van der Waals surface area contributed by atoms with Crippen LogP contribution in [0.25, 0.3) is 0 Å². The van der Waals surface area contributed by atoms with Crippen LogP contribution in [0.2, 0.25) is 5.02 Å². The number of benzene rings is 2. The molecule has 6 nitrogen and oxygen atoms in total. The Morgan fingerprint density at radius 1 is 1.19 bits per heavy atom. The summed E-state index contributed by atoms with van der Waals surface area (Å²) < 4.78 is 27.0. The van der Waals surface area contributed by atoms with Gasteiger partial charge >= 0.3 is 0 Å². The average molecular weight is 505 g/mol. The molecule has 0 aliphatic rings. The number of halogens is 3. The maximum absolute atomic E-state index is 13.3. The van der Waals surface area contributed by atoms with Crippen LogP contribution in [0.1, 0.15) is 21.9 Å². The van der Waals surface area contributed by atoms with Crippen LogP contribution in [0.15, 0.2) is 75.8 Å². The minimum atomic E-state index is -0.493. The molecular formula is C22H16BrClFN3O3. The van der Waals surface area contributed by atoms with Gasteiger partial charge in [0.15, 0.2) is 11.6 Å². The van der Waals surface area contributed by atoms with Gasteiger partial charge < -0.3 is 14.5 Å². The monoisotopic (exact) mass is 503 g/mol. The zero-order valence-corrected chi connectivity index (χ0v) is 18.4. The molecule has 31 heavy (non-hydrogen) atoms. The fourth-order valence-corrected chi connectivity index (χ4v) is 3.28. The van der Waals surface area contributed by atoms with Crippen LogP contribution < -0.4 is 10.1 Å². The molecule has 0 fully saturated rings. The zero-order valence-electron chi connectivity index (χ0n) is 16.0. The lowest BCUT2D eigenvalue weighted by molar-refractivity contribution is 0.0992. The second kappa shape index (κ2) is 9.36. The Labute approximate surface area is 190 Å². The summed E-state index contributed by atoms with van der Waals surface area (Å²) in [5, 5.41) is 7.13. The van der Waals surface area contributed by atoms with Gasteiger partial charge in [0.05, 0.1) is 6.54 Å². The molecule has 0 saturated carbocycles. The lowest BCUT2D eigenvalue weighted by atomic mass is 10.2. The van der Waals surface area contributed by atoms with E-state index in [1.165, 1.54) is 16.8 Å². The third-order valence-electron chi connectivity index (χ3n) is 4.26. The third-order valence-corrected chi connectivity index (χ3v) is 5.07. The summed E-state index contributed by atoms with van der Waals surface area (Å²) in [6.45, 7) is 0.490. The molecule has 0 aliphatic carbocycles. The molecule has 4 rings (SSSR count). The first-order valence-electron chi connectivity index (χ1n) is 9.22. The van der Waals surface area contributed by atoms with Gasteiger partial charge in [-0.05, 0) is 54.1 Å². The normalized spacial score (nSPS) is 10.8. The number of hydrogen-bond donors (Lipinski definition) is 1. The molecule has 1 amide bonds. The maximum Gasteiger partial charge on any atom is 0.292 e. The van der Waals surface area contributed by atoms with Crippen LogP contribution in [0.3, 0.4) is 0 Å². The number of rotatable bonds is 7. The van der Waals surface area contributed by atoms with Crippen LogP contribution in [0.4, 0.5) is 10.2 Å². The number of nitrogens with zero attached hydrogens (tertiary/aromatic N) is 2. The Morgan fingerprint density at radius 2 is 2.00 bits per heavy atom. The van der Waals surface area contributed by atoms with Crippen molar-refractivity contribution in [2.75, 3.05) is 5.32 Å². The molecule has 4 aromatic rings. The summed E-state index contributed by atoms with van der Waals surface area (Å²) in [6.07, 6.45) is 1.56. The number of nitrogens with one attached hydrogen (secondary N) is 1. The quantitative estimate of drug-likeness (QED) is 0.340. The van der Waals surface area contributed by atoms with E-state index < -0.39 is 5.91 Å². The van der Waals surface area contributed by atoms with Gasteiger partial charge in [-0.3, -0.25) is 9.48 Å². The van der Waals surface area contributed by atoms with Crippen LogP contribution in [-0.2, 0) is 13.2 Å². The Morgan fingerprint density at radius 3 is 2.77 bits per heavy atom. The highest BCUT2D eigenvalue weighted by Gasteiger charge is 2.16. The summed E-state index contributed by atoms with van der Waals surface area (Å²) >= 11 is 9.55. The Hall–Kier alpha value is -3.10. The predicted molar refractivity (Wildman–Crippen MR) is 118 cm³/mol. The van der Waals surface area contributed by atoms with Gasteiger partial charge in [-0.2, -0.15) is 5.10 Å². The number of furan rings is 1. The second-order valence-corrected chi connectivity index (χ2v) is 7.94. The van der Waals surface area contributed by atoms with Crippen LogP contribution >= 0.6 is 27.5 Å². The number of hydrogen-bond acceptors (Lipinski definition) is 4. The number of ether oxygens (including phenoxy) is 1. The molecule has 2 aromatic heterocycles. The molecule has 9 heteroatoms. The first-order chi connectivity index (χ1) is 15.0. The molecule has 0 bridgehead atoms. The molecule has 0 unspecified atom stereocenters. The van der Waals surface area contributed by atoms with E-state index in [-0.39, 0.29) is 29.0 Å². The SMILES string of the molecule is O=C(Nc1nn(Cc2cccc(F)c2)cc1Cl)c1ccc(COc2ccc(Br)cc2)o1. The van der Waals surface area contributed by atoms with Gasteiger partial charge in [0.2, 0.25) is 0 Å². The fraction of sp³-hybridized carbons (Fsp3) is 0.0909. The number of carbonyl (C=O) groups is 1. The number of carbonyl (C=O) groups excluding carboxylic acids is 1.